The number of carbonyl (C=O) groups is 1. The van der Waals surface area contributed by atoms with E-state index in [4.69, 9.17) is 4.74 Å². The largest absolute Gasteiger partial charge is 0.435 e. The molecule has 0 bridgehead atoms. The van der Waals surface area contributed by atoms with Crippen molar-refractivity contribution in [3.8, 4) is 11.4 Å². The van der Waals surface area contributed by atoms with Gasteiger partial charge in [-0.3, -0.25) is 5.32 Å². The lowest BCUT2D eigenvalue weighted by Crippen LogP contribution is -2.44. The van der Waals surface area contributed by atoms with Gasteiger partial charge in [-0.1, -0.05) is 0 Å². The molecular weight excluding hydrogens is 408 g/mol. The summed E-state index contributed by atoms with van der Waals surface area (Å²) in [5.41, 5.74) is -0.676. The molecule has 2 aliphatic rings. The average molecular weight is 426 g/mol. The minimum atomic E-state index is -3.19. The van der Waals surface area contributed by atoms with Crippen molar-refractivity contribution in [3.63, 3.8) is 0 Å². The highest BCUT2D eigenvalue weighted by Crippen LogP contribution is 2.40. The number of nitrogens with one attached hydrogen (secondary N) is 2. The van der Waals surface area contributed by atoms with Crippen LogP contribution >= 0.6 is 0 Å². The molecule has 1 saturated heterocycles. The van der Waals surface area contributed by atoms with Crippen LogP contribution in [0.5, 0.6) is 0 Å². The maximum atomic E-state index is 14.2. The van der Waals surface area contributed by atoms with Crippen LogP contribution in [0.4, 0.5) is 34.0 Å². The Hall–Kier alpha value is -3.02. The number of halogens is 4. The minimum absolute atomic E-state index is 0.0355. The predicted molar refractivity (Wildman–Crippen MR) is 98.8 cm³/mol. The lowest BCUT2D eigenvalue weighted by atomic mass is 10.0. The highest BCUT2D eigenvalue weighted by Gasteiger charge is 2.38. The SMILES string of the molecule is CC(F)(F)c1cc(-c2ncnc3c2[C@@H](C(F)F)OC(=O)N3)nc(N2CCNCC2)c1. The molecule has 2 aromatic rings. The number of cyclic esters (lactones) is 1. The van der Waals surface area contributed by atoms with Crippen LogP contribution in [-0.4, -0.2) is 53.6 Å². The number of amides is 1. The molecule has 0 saturated carbocycles. The Kier molecular flexibility index (Phi) is 5.18. The highest BCUT2D eigenvalue weighted by molar-refractivity contribution is 5.88. The quantitative estimate of drug-likeness (QED) is 0.727. The number of fused-ring (bicyclic) bond motifs is 1. The van der Waals surface area contributed by atoms with Crippen molar-refractivity contribution in [2.75, 3.05) is 36.4 Å². The number of carbonyl (C=O) groups excluding carboxylic acids is 1. The second-order valence-corrected chi connectivity index (χ2v) is 6.99. The first-order chi connectivity index (χ1) is 14.2. The van der Waals surface area contributed by atoms with Crippen LogP contribution in [0, 0.1) is 0 Å². The van der Waals surface area contributed by atoms with Crippen LogP contribution in [0.3, 0.4) is 0 Å². The van der Waals surface area contributed by atoms with Crippen LogP contribution in [0.25, 0.3) is 11.4 Å². The summed E-state index contributed by atoms with van der Waals surface area (Å²) in [5.74, 6) is -3.08. The summed E-state index contributed by atoms with van der Waals surface area (Å²) in [5, 5.41) is 5.40. The van der Waals surface area contributed by atoms with Gasteiger partial charge in [-0.15, -0.1) is 0 Å². The molecule has 160 valence electrons. The Morgan fingerprint density at radius 3 is 2.63 bits per heavy atom. The number of piperazine rings is 1. The number of alkyl halides is 4. The van der Waals surface area contributed by atoms with Gasteiger partial charge in [0.2, 0.25) is 0 Å². The van der Waals surface area contributed by atoms with Gasteiger partial charge in [0.1, 0.15) is 23.7 Å². The van der Waals surface area contributed by atoms with E-state index in [-0.39, 0.29) is 34.2 Å². The number of hydrogen-bond donors (Lipinski definition) is 2. The second kappa shape index (κ2) is 7.67. The molecule has 2 aromatic heterocycles. The van der Waals surface area contributed by atoms with Gasteiger partial charge in [0.25, 0.3) is 12.3 Å². The second-order valence-electron chi connectivity index (χ2n) is 6.99. The van der Waals surface area contributed by atoms with E-state index in [1.54, 1.807) is 0 Å². The summed E-state index contributed by atoms with van der Waals surface area (Å²) in [7, 11) is 0. The van der Waals surface area contributed by atoms with E-state index in [1.807, 2.05) is 4.90 Å². The molecule has 0 radical (unpaired) electrons. The Labute approximate surface area is 168 Å². The molecule has 8 nitrogen and oxygen atoms in total. The first-order valence-electron chi connectivity index (χ1n) is 9.21. The van der Waals surface area contributed by atoms with Crippen molar-refractivity contribution in [1.29, 1.82) is 0 Å². The molecule has 2 N–H and O–H groups in total. The van der Waals surface area contributed by atoms with E-state index in [0.29, 0.717) is 26.2 Å². The average Bonchev–Trinajstić information content (AvgIpc) is 2.72. The Bertz CT molecular complexity index is 962. The Balaban J connectivity index is 1.88. The lowest BCUT2D eigenvalue weighted by molar-refractivity contribution is -0.0170. The normalized spacial score (nSPS) is 19.3. The van der Waals surface area contributed by atoms with Gasteiger partial charge in [0.05, 0.1) is 11.3 Å². The summed E-state index contributed by atoms with van der Waals surface area (Å²) >= 11 is 0. The fourth-order valence-electron chi connectivity index (χ4n) is 3.39. The number of rotatable bonds is 4. The summed E-state index contributed by atoms with van der Waals surface area (Å²) in [6, 6.07) is 2.39. The van der Waals surface area contributed by atoms with E-state index < -0.39 is 24.5 Å². The monoisotopic (exact) mass is 426 g/mol. The van der Waals surface area contributed by atoms with E-state index >= 15 is 0 Å². The van der Waals surface area contributed by atoms with Crippen molar-refractivity contribution in [2.24, 2.45) is 0 Å². The zero-order valence-electron chi connectivity index (χ0n) is 15.8. The van der Waals surface area contributed by atoms with Crippen molar-refractivity contribution in [1.82, 2.24) is 20.3 Å². The molecule has 0 unspecified atom stereocenters. The van der Waals surface area contributed by atoms with E-state index in [1.165, 1.54) is 6.07 Å². The van der Waals surface area contributed by atoms with E-state index in [0.717, 1.165) is 19.3 Å². The number of pyridine rings is 1. The van der Waals surface area contributed by atoms with Gasteiger partial charge in [-0.2, -0.15) is 0 Å². The van der Waals surface area contributed by atoms with Crippen LogP contribution in [0.15, 0.2) is 18.5 Å². The number of hydrogen-bond acceptors (Lipinski definition) is 7. The number of nitrogens with zero attached hydrogens (tertiary/aromatic N) is 4. The van der Waals surface area contributed by atoms with Gasteiger partial charge in [0, 0.05) is 38.7 Å². The number of ether oxygens (including phenoxy) is 1. The van der Waals surface area contributed by atoms with Gasteiger partial charge in [-0.25, -0.2) is 37.3 Å². The molecule has 0 aliphatic carbocycles. The topological polar surface area (TPSA) is 92.3 Å². The summed E-state index contributed by atoms with van der Waals surface area (Å²) in [6.45, 7) is 3.14. The number of anilines is 2. The van der Waals surface area contributed by atoms with Crippen molar-refractivity contribution in [3.05, 3.63) is 29.6 Å². The first kappa shape index (κ1) is 20.3. The third kappa shape index (κ3) is 3.86. The third-order valence-electron chi connectivity index (χ3n) is 4.85. The fourth-order valence-corrected chi connectivity index (χ4v) is 3.39. The van der Waals surface area contributed by atoms with E-state index in [2.05, 4.69) is 25.6 Å². The summed E-state index contributed by atoms with van der Waals surface area (Å²) in [6.07, 6.45) is -5.05. The molecule has 1 amide bonds. The summed E-state index contributed by atoms with van der Waals surface area (Å²) < 4.78 is 60.3. The van der Waals surface area contributed by atoms with E-state index in [9.17, 15) is 22.4 Å². The molecule has 30 heavy (non-hydrogen) atoms. The fraction of sp³-hybridized carbons (Fsp3) is 0.444. The third-order valence-corrected chi connectivity index (χ3v) is 4.85. The molecular formula is C18H18F4N6O2. The molecule has 12 heteroatoms. The molecule has 1 fully saturated rings. The maximum absolute atomic E-state index is 14.2. The molecule has 2 aliphatic heterocycles. The Morgan fingerprint density at radius 1 is 1.23 bits per heavy atom. The summed E-state index contributed by atoms with van der Waals surface area (Å²) in [4.78, 5) is 25.7. The predicted octanol–water partition coefficient (Wildman–Crippen LogP) is 2.93. The lowest BCUT2D eigenvalue weighted by Gasteiger charge is -2.30. The highest BCUT2D eigenvalue weighted by atomic mass is 19.3. The van der Waals surface area contributed by atoms with Crippen molar-refractivity contribution in [2.45, 2.75) is 25.4 Å². The zero-order chi connectivity index (χ0) is 21.5. The smallest absolute Gasteiger partial charge is 0.413 e. The standard InChI is InChI=1S/C18H18F4N6O2/c1-18(21,22)9-6-10(26-11(7-9)28-4-2-23-3-5-28)13-12-14(15(19)20)30-17(29)27-16(12)25-8-24-13/h6-8,14-15,23H,2-5H2,1H3,(H,24,25,27,29)/t14-/m0/s1. The molecule has 4 heterocycles. The zero-order valence-corrected chi connectivity index (χ0v) is 15.8. The van der Waals surface area contributed by atoms with Crippen molar-refractivity contribution >= 4 is 17.7 Å². The van der Waals surface area contributed by atoms with Crippen LogP contribution < -0.4 is 15.5 Å². The molecule has 0 spiro atoms. The number of aromatic nitrogens is 3. The van der Waals surface area contributed by atoms with Gasteiger partial charge < -0.3 is 15.0 Å². The van der Waals surface area contributed by atoms with Crippen molar-refractivity contribution < 1.29 is 27.1 Å². The molecule has 0 aromatic carbocycles. The minimum Gasteiger partial charge on any atom is -0.435 e. The van der Waals surface area contributed by atoms with Gasteiger partial charge in [0.15, 0.2) is 6.10 Å². The van der Waals surface area contributed by atoms with Crippen LogP contribution in [0.2, 0.25) is 0 Å². The molecule has 4 rings (SSSR count). The molecule has 1 atom stereocenters. The Morgan fingerprint density at radius 2 is 1.97 bits per heavy atom. The van der Waals surface area contributed by atoms with Gasteiger partial charge >= 0.3 is 6.09 Å². The van der Waals surface area contributed by atoms with Crippen LogP contribution in [0.1, 0.15) is 24.2 Å². The maximum Gasteiger partial charge on any atom is 0.413 e. The van der Waals surface area contributed by atoms with Gasteiger partial charge in [-0.05, 0) is 12.1 Å². The first-order valence-corrected chi connectivity index (χ1v) is 9.21. The van der Waals surface area contributed by atoms with Crippen LogP contribution in [-0.2, 0) is 10.7 Å².